The van der Waals surface area contributed by atoms with E-state index in [1.54, 1.807) is 18.1 Å². The van der Waals surface area contributed by atoms with Gasteiger partial charge in [0.15, 0.2) is 0 Å². The normalized spacial score (nSPS) is 16.2. The lowest BCUT2D eigenvalue weighted by Gasteiger charge is -2.36. The van der Waals surface area contributed by atoms with Crippen molar-refractivity contribution < 1.29 is 27.4 Å². The molecule has 0 N–H and O–H groups in total. The summed E-state index contributed by atoms with van der Waals surface area (Å²) >= 11 is 1.50. The first-order valence-corrected chi connectivity index (χ1v) is 12.1. The Morgan fingerprint density at radius 1 is 0.971 bits per heavy atom. The molecule has 2 aromatic rings. The summed E-state index contributed by atoms with van der Waals surface area (Å²) in [5.74, 6) is 0. The Morgan fingerprint density at radius 3 is 2.44 bits per heavy atom. The number of benzene rings is 2. The number of ether oxygens (including phenoxy) is 2. The number of carbonyl (C=O) groups excluding carboxylic acids is 1. The Hall–Kier alpha value is -2.43. The monoisotopic (exact) mass is 495 g/mol. The standard InChI is InChI=1S/C24H28F3N3O3S/c1-32-15-16-33-23(31)29-13-11-28(12-14-29)9-4-10-30-19-5-2-3-6-21(19)34-22-8-7-18(17-20(22)30)24(25,26)27/h2-3,5-8,17H,4,9-16H2,1H3. The number of hydrogen-bond donors (Lipinski definition) is 0. The number of rotatable bonds is 7. The van der Waals surface area contributed by atoms with Gasteiger partial charge in [0.2, 0.25) is 0 Å². The van der Waals surface area contributed by atoms with Crippen molar-refractivity contribution in [3.05, 3.63) is 48.0 Å². The Morgan fingerprint density at radius 2 is 1.71 bits per heavy atom. The molecule has 0 unspecified atom stereocenters. The second-order valence-electron chi connectivity index (χ2n) is 8.19. The molecule has 2 aromatic carbocycles. The highest BCUT2D eigenvalue weighted by Crippen LogP contribution is 2.49. The Kier molecular flexibility index (Phi) is 7.90. The summed E-state index contributed by atoms with van der Waals surface area (Å²) in [5.41, 5.74) is 0.898. The number of amides is 1. The smallest absolute Gasteiger partial charge is 0.416 e. The summed E-state index contributed by atoms with van der Waals surface area (Å²) in [4.78, 5) is 19.9. The van der Waals surface area contributed by atoms with Crippen molar-refractivity contribution in [2.45, 2.75) is 22.4 Å². The summed E-state index contributed by atoms with van der Waals surface area (Å²) in [5, 5.41) is 0. The third-order valence-corrected chi connectivity index (χ3v) is 7.08. The predicted octanol–water partition coefficient (Wildman–Crippen LogP) is 5.10. The van der Waals surface area contributed by atoms with E-state index in [-0.39, 0.29) is 12.7 Å². The van der Waals surface area contributed by atoms with Crippen LogP contribution in [0.3, 0.4) is 0 Å². The summed E-state index contributed by atoms with van der Waals surface area (Å²) in [6, 6.07) is 11.8. The van der Waals surface area contributed by atoms with Gasteiger partial charge in [-0.25, -0.2) is 4.79 Å². The van der Waals surface area contributed by atoms with Gasteiger partial charge in [-0.15, -0.1) is 0 Å². The predicted molar refractivity (Wildman–Crippen MR) is 125 cm³/mol. The number of fused-ring (bicyclic) bond motifs is 2. The number of nitrogens with zero attached hydrogens (tertiary/aromatic N) is 3. The average Bonchev–Trinajstić information content (AvgIpc) is 2.83. The minimum atomic E-state index is -4.38. The molecular formula is C24H28F3N3O3S. The molecule has 34 heavy (non-hydrogen) atoms. The van der Waals surface area contributed by atoms with Crippen LogP contribution in [0.25, 0.3) is 0 Å². The van der Waals surface area contributed by atoms with E-state index in [0.717, 1.165) is 47.6 Å². The Balaban J connectivity index is 1.37. The fourth-order valence-electron chi connectivity index (χ4n) is 4.16. The van der Waals surface area contributed by atoms with Crippen LogP contribution < -0.4 is 4.90 Å². The quantitative estimate of drug-likeness (QED) is 0.498. The molecule has 0 atom stereocenters. The van der Waals surface area contributed by atoms with Gasteiger partial charge in [0.1, 0.15) is 6.61 Å². The minimum absolute atomic E-state index is 0.239. The maximum absolute atomic E-state index is 13.4. The first kappa shape index (κ1) is 24.7. The topological polar surface area (TPSA) is 45.3 Å². The van der Waals surface area contributed by atoms with E-state index < -0.39 is 11.7 Å². The number of alkyl halides is 3. The van der Waals surface area contributed by atoms with Gasteiger partial charge in [-0.3, -0.25) is 4.90 Å². The van der Waals surface area contributed by atoms with Crippen molar-refractivity contribution in [2.75, 3.05) is 64.5 Å². The van der Waals surface area contributed by atoms with E-state index in [2.05, 4.69) is 4.90 Å². The van der Waals surface area contributed by atoms with Crippen molar-refractivity contribution in [3.63, 3.8) is 0 Å². The highest BCUT2D eigenvalue weighted by atomic mass is 32.2. The molecule has 0 radical (unpaired) electrons. The number of para-hydroxylation sites is 1. The van der Waals surface area contributed by atoms with Crippen molar-refractivity contribution in [2.24, 2.45) is 0 Å². The molecule has 0 saturated carbocycles. The van der Waals surface area contributed by atoms with Gasteiger partial charge >= 0.3 is 12.3 Å². The molecule has 10 heteroatoms. The molecule has 0 aliphatic carbocycles. The zero-order chi connectivity index (χ0) is 24.1. The first-order valence-electron chi connectivity index (χ1n) is 11.3. The highest BCUT2D eigenvalue weighted by molar-refractivity contribution is 7.99. The number of methoxy groups -OCH3 is 1. The highest BCUT2D eigenvalue weighted by Gasteiger charge is 2.33. The summed E-state index contributed by atoms with van der Waals surface area (Å²) < 4.78 is 50.2. The van der Waals surface area contributed by atoms with Crippen molar-refractivity contribution in [1.29, 1.82) is 0 Å². The van der Waals surface area contributed by atoms with Crippen LogP contribution in [0.15, 0.2) is 52.3 Å². The molecule has 2 aliphatic heterocycles. The molecule has 0 spiro atoms. The molecule has 0 aromatic heterocycles. The van der Waals surface area contributed by atoms with Gasteiger partial charge in [-0.1, -0.05) is 23.9 Å². The number of carbonyl (C=O) groups is 1. The average molecular weight is 496 g/mol. The first-order chi connectivity index (χ1) is 16.4. The molecule has 4 rings (SSSR count). The van der Waals surface area contributed by atoms with Crippen LogP contribution in [0.2, 0.25) is 0 Å². The number of anilines is 2. The van der Waals surface area contributed by atoms with Crippen molar-refractivity contribution in [1.82, 2.24) is 9.80 Å². The minimum Gasteiger partial charge on any atom is -0.447 e. The van der Waals surface area contributed by atoms with E-state index >= 15 is 0 Å². The maximum Gasteiger partial charge on any atom is 0.416 e. The van der Waals surface area contributed by atoms with Gasteiger partial charge in [-0.05, 0) is 43.3 Å². The van der Waals surface area contributed by atoms with Gasteiger partial charge in [-0.2, -0.15) is 13.2 Å². The van der Waals surface area contributed by atoms with Crippen LogP contribution >= 0.6 is 11.8 Å². The Labute approximate surface area is 201 Å². The van der Waals surface area contributed by atoms with E-state index in [4.69, 9.17) is 9.47 Å². The van der Waals surface area contributed by atoms with Crippen LogP contribution in [0.1, 0.15) is 12.0 Å². The molecule has 2 aliphatic rings. The SMILES string of the molecule is COCCOC(=O)N1CCN(CCCN2c3ccccc3Sc3ccc(C(F)(F)F)cc32)CC1. The summed E-state index contributed by atoms with van der Waals surface area (Å²) in [7, 11) is 1.56. The zero-order valence-corrected chi connectivity index (χ0v) is 19.8. The lowest BCUT2D eigenvalue weighted by atomic mass is 10.1. The second kappa shape index (κ2) is 10.9. The van der Waals surface area contributed by atoms with E-state index in [1.807, 2.05) is 29.2 Å². The molecule has 1 saturated heterocycles. The maximum atomic E-state index is 13.4. The molecule has 184 valence electrons. The molecule has 1 fully saturated rings. The lowest BCUT2D eigenvalue weighted by Crippen LogP contribution is -2.49. The number of piperazine rings is 1. The number of hydrogen-bond acceptors (Lipinski definition) is 6. The van der Waals surface area contributed by atoms with Crippen LogP contribution in [0.5, 0.6) is 0 Å². The summed E-state index contributed by atoms with van der Waals surface area (Å²) in [6.07, 6.45) is -3.92. The van der Waals surface area contributed by atoms with Crippen LogP contribution in [-0.4, -0.2) is 75.5 Å². The van der Waals surface area contributed by atoms with Crippen LogP contribution in [0, 0.1) is 0 Å². The van der Waals surface area contributed by atoms with Crippen molar-refractivity contribution in [3.8, 4) is 0 Å². The third-order valence-electron chi connectivity index (χ3n) is 5.95. The van der Waals surface area contributed by atoms with Gasteiger partial charge in [0, 0.05) is 49.6 Å². The van der Waals surface area contributed by atoms with Crippen molar-refractivity contribution >= 4 is 29.2 Å². The molecule has 0 bridgehead atoms. The zero-order valence-electron chi connectivity index (χ0n) is 19.0. The van der Waals surface area contributed by atoms with Crippen LogP contribution in [0.4, 0.5) is 29.3 Å². The van der Waals surface area contributed by atoms with E-state index in [0.29, 0.717) is 31.9 Å². The molecule has 6 nitrogen and oxygen atoms in total. The van der Waals surface area contributed by atoms with Gasteiger partial charge in [0.25, 0.3) is 0 Å². The Bertz CT molecular complexity index is 997. The second-order valence-corrected chi connectivity index (χ2v) is 9.27. The number of halogens is 3. The van der Waals surface area contributed by atoms with E-state index in [9.17, 15) is 18.0 Å². The van der Waals surface area contributed by atoms with Gasteiger partial charge < -0.3 is 19.3 Å². The summed E-state index contributed by atoms with van der Waals surface area (Å²) in [6.45, 7) is 4.67. The largest absolute Gasteiger partial charge is 0.447 e. The molecular weight excluding hydrogens is 467 g/mol. The van der Waals surface area contributed by atoms with E-state index in [1.165, 1.54) is 17.8 Å². The van der Waals surface area contributed by atoms with Crippen LogP contribution in [-0.2, 0) is 15.7 Å². The molecule has 1 amide bonds. The molecule has 2 heterocycles. The fraction of sp³-hybridized carbons (Fsp3) is 0.458. The fourth-order valence-corrected chi connectivity index (χ4v) is 5.23. The lowest BCUT2D eigenvalue weighted by molar-refractivity contribution is -0.137. The van der Waals surface area contributed by atoms with Gasteiger partial charge in [0.05, 0.1) is 23.5 Å². The third kappa shape index (κ3) is 5.79.